The molecule has 27 heavy (non-hydrogen) atoms. The predicted octanol–water partition coefficient (Wildman–Crippen LogP) is 4.41. The van der Waals surface area contributed by atoms with Crippen LogP contribution in [-0.2, 0) is 6.54 Å². The fourth-order valence-corrected chi connectivity index (χ4v) is 4.23. The van der Waals surface area contributed by atoms with Crippen LogP contribution in [0.25, 0.3) is 16.7 Å². The first-order valence-electron chi connectivity index (χ1n) is 9.36. The van der Waals surface area contributed by atoms with Gasteiger partial charge in [-0.05, 0) is 66.6 Å². The van der Waals surface area contributed by atoms with Crippen molar-refractivity contribution in [1.82, 2.24) is 9.88 Å². The number of hydrogen-bond donors (Lipinski definition) is 1. The smallest absolute Gasteiger partial charge is 0.408 e. The van der Waals surface area contributed by atoms with Gasteiger partial charge in [-0.3, -0.25) is 9.78 Å². The maximum atomic E-state index is 13.1. The molecule has 5 nitrogen and oxygen atoms in total. The number of benzene rings is 2. The zero-order valence-electron chi connectivity index (χ0n) is 15.1. The van der Waals surface area contributed by atoms with E-state index in [1.54, 1.807) is 0 Å². The Morgan fingerprint density at radius 3 is 2.89 bits per heavy atom. The highest BCUT2D eigenvalue weighted by molar-refractivity contribution is 6.00. The summed E-state index contributed by atoms with van der Waals surface area (Å²) in [6, 6.07) is 11.9. The summed E-state index contributed by atoms with van der Waals surface area (Å²) in [7, 11) is 0. The third-order valence-corrected chi connectivity index (χ3v) is 5.71. The molecule has 0 radical (unpaired) electrons. The fraction of sp³-hybridized carbons (Fsp3) is 0.273. The molecular formula is C22H20N2O3. The average Bonchev–Trinajstić information content (AvgIpc) is 3.37. The van der Waals surface area contributed by atoms with Gasteiger partial charge >= 0.3 is 5.76 Å². The van der Waals surface area contributed by atoms with E-state index in [2.05, 4.69) is 36.2 Å². The van der Waals surface area contributed by atoms with E-state index in [1.807, 2.05) is 23.1 Å². The number of fused-ring (bicyclic) bond motifs is 2. The molecule has 0 saturated heterocycles. The minimum atomic E-state index is -0.464. The Morgan fingerprint density at radius 1 is 1.19 bits per heavy atom. The third-order valence-electron chi connectivity index (χ3n) is 5.71. The lowest BCUT2D eigenvalue weighted by Gasteiger charge is -2.22. The molecule has 0 saturated carbocycles. The van der Waals surface area contributed by atoms with E-state index in [4.69, 9.17) is 4.42 Å². The van der Waals surface area contributed by atoms with Gasteiger partial charge in [-0.25, -0.2) is 4.79 Å². The number of aromatic nitrogens is 1. The van der Waals surface area contributed by atoms with Crippen LogP contribution in [0.2, 0.25) is 0 Å². The molecule has 1 amide bonds. The minimum absolute atomic E-state index is 0.0213. The number of rotatable bonds is 3. The summed E-state index contributed by atoms with van der Waals surface area (Å²) in [6.45, 7) is 2.55. The predicted molar refractivity (Wildman–Crippen MR) is 103 cm³/mol. The SMILES string of the molecule is CC1c2ccc(C3=CCCC3)cc2C(=O)N1Cc1ccc2[nH]c(=O)oc2c1. The van der Waals surface area contributed by atoms with Gasteiger partial charge in [0, 0.05) is 12.1 Å². The Kier molecular flexibility index (Phi) is 3.57. The number of nitrogens with one attached hydrogen (secondary N) is 1. The monoisotopic (exact) mass is 360 g/mol. The van der Waals surface area contributed by atoms with Crippen molar-refractivity contribution in [3.8, 4) is 0 Å². The van der Waals surface area contributed by atoms with Gasteiger partial charge in [-0.2, -0.15) is 0 Å². The molecule has 1 unspecified atom stereocenters. The Balaban J connectivity index is 1.46. The van der Waals surface area contributed by atoms with Crippen molar-refractivity contribution in [2.45, 2.75) is 38.8 Å². The van der Waals surface area contributed by atoms with Crippen molar-refractivity contribution >= 4 is 22.6 Å². The molecule has 1 atom stereocenters. The third kappa shape index (κ3) is 2.62. The van der Waals surface area contributed by atoms with Crippen molar-refractivity contribution in [2.24, 2.45) is 0 Å². The number of hydrogen-bond acceptors (Lipinski definition) is 3. The number of carbonyl (C=O) groups is 1. The van der Waals surface area contributed by atoms with Crippen LogP contribution in [0.4, 0.5) is 0 Å². The number of carbonyl (C=O) groups excluding carboxylic acids is 1. The second-order valence-corrected chi connectivity index (χ2v) is 7.38. The molecule has 1 aromatic heterocycles. The van der Waals surface area contributed by atoms with Gasteiger partial charge in [0.1, 0.15) is 0 Å². The van der Waals surface area contributed by atoms with Crippen LogP contribution in [0.5, 0.6) is 0 Å². The molecule has 5 heteroatoms. The molecule has 1 aliphatic carbocycles. The lowest BCUT2D eigenvalue weighted by molar-refractivity contribution is 0.0723. The van der Waals surface area contributed by atoms with E-state index in [0.717, 1.165) is 29.5 Å². The highest BCUT2D eigenvalue weighted by Gasteiger charge is 2.34. The molecule has 2 aromatic carbocycles. The Labute approximate surface area is 156 Å². The number of nitrogens with zero attached hydrogens (tertiary/aromatic N) is 1. The number of aromatic amines is 1. The summed E-state index contributed by atoms with van der Waals surface area (Å²) in [5.41, 5.74) is 6.54. The molecule has 0 spiro atoms. The first-order chi connectivity index (χ1) is 13.1. The summed E-state index contributed by atoms with van der Waals surface area (Å²) in [6.07, 6.45) is 5.69. The van der Waals surface area contributed by atoms with Gasteiger partial charge < -0.3 is 9.32 Å². The lowest BCUT2D eigenvalue weighted by Crippen LogP contribution is -2.26. The van der Waals surface area contributed by atoms with Crippen LogP contribution in [0.3, 0.4) is 0 Å². The molecule has 3 aromatic rings. The highest BCUT2D eigenvalue weighted by Crippen LogP contribution is 2.37. The summed E-state index contributed by atoms with van der Waals surface area (Å²) in [5.74, 6) is -0.400. The van der Waals surface area contributed by atoms with Crippen molar-refractivity contribution in [3.05, 3.63) is 75.3 Å². The Morgan fingerprint density at radius 2 is 2.07 bits per heavy atom. The van der Waals surface area contributed by atoms with E-state index >= 15 is 0 Å². The summed E-state index contributed by atoms with van der Waals surface area (Å²) < 4.78 is 5.14. The molecule has 2 heterocycles. The second kappa shape index (κ2) is 5.98. The van der Waals surface area contributed by atoms with Crippen molar-refractivity contribution < 1.29 is 9.21 Å². The molecule has 1 N–H and O–H groups in total. The molecule has 1 aliphatic heterocycles. The first kappa shape index (κ1) is 16.1. The fourth-order valence-electron chi connectivity index (χ4n) is 4.23. The van der Waals surface area contributed by atoms with Crippen LogP contribution < -0.4 is 5.76 Å². The number of amides is 1. The topological polar surface area (TPSA) is 66.3 Å². The number of allylic oxidation sites excluding steroid dienone is 2. The standard InChI is InChI=1S/C22H20N2O3/c1-13-17-8-7-16(15-4-2-3-5-15)11-18(17)21(25)24(13)12-14-6-9-19-20(10-14)27-22(26)23-19/h4,6-11,13H,2-3,5,12H2,1H3,(H,23,26). The molecule has 0 fully saturated rings. The van der Waals surface area contributed by atoms with Crippen LogP contribution in [-0.4, -0.2) is 15.8 Å². The molecule has 0 bridgehead atoms. The lowest BCUT2D eigenvalue weighted by atomic mass is 9.98. The van der Waals surface area contributed by atoms with Crippen LogP contribution in [0.15, 0.2) is 51.7 Å². The zero-order chi connectivity index (χ0) is 18.5. The number of H-pyrrole nitrogens is 1. The zero-order valence-corrected chi connectivity index (χ0v) is 15.1. The first-order valence-corrected chi connectivity index (χ1v) is 9.36. The summed E-state index contributed by atoms with van der Waals surface area (Å²) >= 11 is 0. The van der Waals surface area contributed by atoms with Crippen molar-refractivity contribution in [1.29, 1.82) is 0 Å². The van der Waals surface area contributed by atoms with E-state index in [1.165, 1.54) is 17.6 Å². The van der Waals surface area contributed by atoms with Crippen LogP contribution in [0.1, 0.15) is 59.3 Å². The van der Waals surface area contributed by atoms with Gasteiger partial charge in [-0.1, -0.05) is 24.3 Å². The summed E-state index contributed by atoms with van der Waals surface area (Å²) in [4.78, 5) is 28.9. The van der Waals surface area contributed by atoms with Crippen molar-refractivity contribution in [2.75, 3.05) is 0 Å². The highest BCUT2D eigenvalue weighted by atomic mass is 16.4. The van der Waals surface area contributed by atoms with E-state index in [0.29, 0.717) is 17.6 Å². The van der Waals surface area contributed by atoms with Gasteiger partial charge in [0.2, 0.25) is 0 Å². The molecule has 2 aliphatic rings. The maximum Gasteiger partial charge on any atom is 0.417 e. The average molecular weight is 360 g/mol. The second-order valence-electron chi connectivity index (χ2n) is 7.38. The minimum Gasteiger partial charge on any atom is -0.408 e. The van der Waals surface area contributed by atoms with Crippen LogP contribution in [0, 0.1) is 0 Å². The Bertz CT molecular complexity index is 1150. The quantitative estimate of drug-likeness (QED) is 0.752. The maximum absolute atomic E-state index is 13.1. The van der Waals surface area contributed by atoms with E-state index in [9.17, 15) is 9.59 Å². The van der Waals surface area contributed by atoms with Gasteiger partial charge in [0.25, 0.3) is 5.91 Å². The van der Waals surface area contributed by atoms with E-state index < -0.39 is 5.76 Å². The molecular weight excluding hydrogens is 340 g/mol. The van der Waals surface area contributed by atoms with Crippen LogP contribution >= 0.6 is 0 Å². The van der Waals surface area contributed by atoms with Gasteiger partial charge in [0.05, 0.1) is 11.6 Å². The normalized spacial score (nSPS) is 19.0. The summed E-state index contributed by atoms with van der Waals surface area (Å²) in [5, 5.41) is 0. The molecule has 136 valence electrons. The largest absolute Gasteiger partial charge is 0.417 e. The Hall–Kier alpha value is -3.08. The van der Waals surface area contributed by atoms with Crippen molar-refractivity contribution in [3.63, 3.8) is 0 Å². The molecule has 5 rings (SSSR count). The van der Waals surface area contributed by atoms with E-state index in [-0.39, 0.29) is 11.9 Å². The van der Waals surface area contributed by atoms with Gasteiger partial charge in [-0.15, -0.1) is 0 Å². The van der Waals surface area contributed by atoms with Gasteiger partial charge in [0.15, 0.2) is 5.58 Å². The number of oxazole rings is 1.